The fourth-order valence-corrected chi connectivity index (χ4v) is 5.04. The maximum atomic E-state index is 12.8. The summed E-state index contributed by atoms with van der Waals surface area (Å²) in [7, 11) is 0. The number of aromatic amines is 1. The minimum atomic E-state index is -0.0476. The molecule has 0 saturated carbocycles. The van der Waals surface area contributed by atoms with E-state index in [-0.39, 0.29) is 5.91 Å². The second-order valence-corrected chi connectivity index (χ2v) is 9.34. The van der Waals surface area contributed by atoms with Gasteiger partial charge in [-0.15, -0.1) is 0 Å². The summed E-state index contributed by atoms with van der Waals surface area (Å²) in [6.07, 6.45) is 8.13. The summed E-state index contributed by atoms with van der Waals surface area (Å²) in [6, 6.07) is 16.5. The fraction of sp³-hybridized carbons (Fsp3) is 0.138. The number of amides is 1. The molecule has 8 bridgehead atoms. The van der Waals surface area contributed by atoms with Gasteiger partial charge >= 0.3 is 0 Å². The molecule has 0 unspecified atom stereocenters. The van der Waals surface area contributed by atoms with Crippen LogP contribution in [0.5, 0.6) is 0 Å². The largest absolute Gasteiger partial charge is 0.335 e. The third-order valence-electron chi connectivity index (χ3n) is 6.88. The van der Waals surface area contributed by atoms with Crippen molar-refractivity contribution >= 4 is 28.3 Å². The number of aryl methyl sites for hydroxylation is 1. The Hall–Kier alpha value is -4.69. The maximum absolute atomic E-state index is 12.8. The molecule has 7 rings (SSSR count). The average molecular weight is 486 g/mol. The number of carbonyl (C=O) groups is 1. The van der Waals surface area contributed by atoms with Crippen molar-refractivity contribution in [2.24, 2.45) is 4.99 Å². The zero-order valence-corrected chi connectivity index (χ0v) is 20.0. The Morgan fingerprint density at radius 2 is 1.76 bits per heavy atom. The molecule has 0 atom stereocenters. The Morgan fingerprint density at radius 3 is 2.73 bits per heavy atom. The summed E-state index contributed by atoms with van der Waals surface area (Å²) < 4.78 is 0. The smallest absolute Gasteiger partial charge is 0.224 e. The van der Waals surface area contributed by atoms with Crippen LogP contribution in [-0.2, 0) is 17.8 Å². The van der Waals surface area contributed by atoms with Crippen molar-refractivity contribution in [3.63, 3.8) is 0 Å². The number of pyridine rings is 2. The van der Waals surface area contributed by atoms with Crippen molar-refractivity contribution in [3.8, 4) is 22.3 Å². The number of rotatable bonds is 0. The molecule has 2 aliphatic heterocycles. The molecule has 0 radical (unpaired) electrons. The number of hydrogen-bond donors (Lipinski definition) is 3. The lowest BCUT2D eigenvalue weighted by atomic mass is 9.96. The number of aliphatic imine (C=N–C) groups is 1. The molecule has 5 aromatic rings. The van der Waals surface area contributed by atoms with Crippen LogP contribution >= 0.6 is 0 Å². The van der Waals surface area contributed by atoms with Gasteiger partial charge in [-0.05, 0) is 40.8 Å². The van der Waals surface area contributed by atoms with E-state index in [4.69, 9.17) is 9.98 Å². The molecule has 8 heteroatoms. The highest BCUT2D eigenvalue weighted by atomic mass is 16.1. The van der Waals surface area contributed by atoms with E-state index < -0.39 is 0 Å². The van der Waals surface area contributed by atoms with Gasteiger partial charge in [-0.25, -0.2) is 4.98 Å². The first-order chi connectivity index (χ1) is 18.2. The van der Waals surface area contributed by atoms with Crippen LogP contribution in [0.15, 0.2) is 78.3 Å². The highest BCUT2D eigenvalue weighted by Crippen LogP contribution is 2.30. The van der Waals surface area contributed by atoms with Gasteiger partial charge in [0.15, 0.2) is 5.82 Å². The number of carbonyl (C=O) groups excluding carboxylic acids is 1. The monoisotopic (exact) mass is 485 g/mol. The second-order valence-electron chi connectivity index (χ2n) is 9.34. The molecule has 3 N–H and O–H groups in total. The van der Waals surface area contributed by atoms with Crippen molar-refractivity contribution < 1.29 is 4.79 Å². The molecular formula is C29H23N7O. The Bertz CT molecular complexity index is 1720. The molecule has 0 saturated heterocycles. The molecule has 5 heterocycles. The molecule has 1 amide bonds. The van der Waals surface area contributed by atoms with Crippen LogP contribution in [0.4, 0.5) is 5.69 Å². The van der Waals surface area contributed by atoms with E-state index in [1.54, 1.807) is 12.4 Å². The first-order valence-corrected chi connectivity index (χ1v) is 12.3. The van der Waals surface area contributed by atoms with Crippen LogP contribution in [0, 0.1) is 0 Å². The highest BCUT2D eigenvalue weighted by molar-refractivity contribution is 6.14. The number of hydrogen-bond acceptors (Lipinski definition) is 6. The van der Waals surface area contributed by atoms with Gasteiger partial charge < -0.3 is 10.3 Å². The minimum Gasteiger partial charge on any atom is -0.335 e. The Labute approximate surface area is 212 Å². The van der Waals surface area contributed by atoms with Crippen molar-refractivity contribution in [3.05, 3.63) is 95.8 Å². The number of imidazole rings is 1. The van der Waals surface area contributed by atoms with Gasteiger partial charge in [-0.1, -0.05) is 36.4 Å². The molecule has 0 fully saturated rings. The van der Waals surface area contributed by atoms with E-state index in [2.05, 4.69) is 55.9 Å². The van der Waals surface area contributed by atoms with Gasteiger partial charge in [0.25, 0.3) is 0 Å². The normalized spacial score (nSPS) is 14.9. The number of nitrogens with zero attached hydrogens (tertiary/aromatic N) is 4. The maximum Gasteiger partial charge on any atom is 0.224 e. The molecular weight excluding hydrogens is 462 g/mol. The number of aromatic nitrogens is 4. The fourth-order valence-electron chi connectivity index (χ4n) is 5.04. The summed E-state index contributed by atoms with van der Waals surface area (Å²) in [5.41, 5.74) is 10.3. The zero-order valence-electron chi connectivity index (χ0n) is 20.0. The Kier molecular flexibility index (Phi) is 5.11. The van der Waals surface area contributed by atoms with Gasteiger partial charge in [0, 0.05) is 42.0 Å². The predicted molar refractivity (Wildman–Crippen MR) is 143 cm³/mol. The summed E-state index contributed by atoms with van der Waals surface area (Å²) in [4.78, 5) is 35.0. The van der Waals surface area contributed by atoms with Gasteiger partial charge in [-0.2, -0.15) is 0 Å². The topological polar surface area (TPSA) is 108 Å². The van der Waals surface area contributed by atoms with Crippen LogP contribution in [0.3, 0.4) is 0 Å². The molecule has 37 heavy (non-hydrogen) atoms. The molecule has 2 aromatic carbocycles. The van der Waals surface area contributed by atoms with Gasteiger partial charge in [0.05, 0.1) is 35.8 Å². The van der Waals surface area contributed by atoms with Crippen LogP contribution < -0.4 is 10.6 Å². The van der Waals surface area contributed by atoms with Crippen LogP contribution in [0.25, 0.3) is 33.3 Å². The van der Waals surface area contributed by atoms with Crippen LogP contribution in [-0.4, -0.2) is 38.2 Å². The van der Waals surface area contributed by atoms with Crippen molar-refractivity contribution in [1.82, 2.24) is 25.3 Å². The molecule has 2 aliphatic rings. The lowest BCUT2D eigenvalue weighted by Gasteiger charge is -2.12. The molecule has 3 aromatic heterocycles. The first kappa shape index (κ1) is 21.6. The number of benzene rings is 2. The van der Waals surface area contributed by atoms with Gasteiger partial charge in [0.1, 0.15) is 5.71 Å². The lowest BCUT2D eigenvalue weighted by molar-refractivity contribution is -0.116. The molecule has 0 spiro atoms. The van der Waals surface area contributed by atoms with E-state index >= 15 is 0 Å². The summed E-state index contributed by atoms with van der Waals surface area (Å²) in [5.74, 6) is 0.663. The van der Waals surface area contributed by atoms with E-state index in [9.17, 15) is 4.79 Å². The number of fused-ring (bicyclic) bond motifs is 9. The second kappa shape index (κ2) is 8.76. The SMILES string of the molecule is O=C1CCc2cccc(c2)-c2cncc3[nH]c(nc23)C2=NCNCc3ccc(cc32)-c2cncc(c2)N1. The van der Waals surface area contributed by atoms with Crippen molar-refractivity contribution in [1.29, 1.82) is 0 Å². The highest BCUT2D eigenvalue weighted by Gasteiger charge is 2.20. The van der Waals surface area contributed by atoms with Crippen molar-refractivity contribution in [2.45, 2.75) is 19.4 Å². The van der Waals surface area contributed by atoms with Gasteiger partial charge in [0.2, 0.25) is 5.91 Å². The zero-order chi connectivity index (χ0) is 24.8. The van der Waals surface area contributed by atoms with Crippen LogP contribution in [0.2, 0.25) is 0 Å². The number of anilines is 1. The van der Waals surface area contributed by atoms with E-state index in [1.165, 1.54) is 0 Å². The quantitative estimate of drug-likeness (QED) is 0.300. The molecule has 0 aliphatic carbocycles. The third-order valence-corrected chi connectivity index (χ3v) is 6.88. The van der Waals surface area contributed by atoms with Crippen molar-refractivity contribution in [2.75, 3.05) is 12.0 Å². The van der Waals surface area contributed by atoms with E-state index in [0.29, 0.717) is 37.6 Å². The standard InChI is InChI=1S/C29H23N7O/c37-26-7-4-17-2-1-3-19(8-17)24-14-31-15-25-27(24)36-29(35-25)28-23-10-18(5-6-20(23)11-32-16-33-28)21-9-22(34-26)13-30-12-21/h1-3,5-6,8-10,12-15,32H,4,7,11,16H2,(H,34,37)(H,35,36). The Balaban J connectivity index is 1.46. The number of nitrogens with one attached hydrogen (secondary N) is 3. The number of H-pyrrole nitrogens is 1. The summed E-state index contributed by atoms with van der Waals surface area (Å²) >= 11 is 0. The minimum absolute atomic E-state index is 0.0476. The van der Waals surface area contributed by atoms with Crippen LogP contribution in [0.1, 0.15) is 28.9 Å². The molecule has 180 valence electrons. The van der Waals surface area contributed by atoms with Gasteiger partial charge in [-0.3, -0.25) is 25.1 Å². The first-order valence-electron chi connectivity index (χ1n) is 12.3. The molecule has 8 nitrogen and oxygen atoms in total. The van der Waals surface area contributed by atoms with E-state index in [0.717, 1.165) is 55.7 Å². The third kappa shape index (κ3) is 3.97. The predicted octanol–water partition coefficient (Wildman–Crippen LogP) is 4.47. The summed E-state index contributed by atoms with van der Waals surface area (Å²) in [6.45, 7) is 1.20. The van der Waals surface area contributed by atoms with E-state index in [1.807, 2.05) is 30.6 Å². The average Bonchev–Trinajstić information content (AvgIpc) is 3.25. The summed E-state index contributed by atoms with van der Waals surface area (Å²) in [5, 5.41) is 6.39. The lowest BCUT2D eigenvalue weighted by Crippen LogP contribution is -2.12. The Morgan fingerprint density at radius 1 is 0.811 bits per heavy atom.